The van der Waals surface area contributed by atoms with Crippen molar-refractivity contribution in [1.29, 1.82) is 0 Å². The van der Waals surface area contributed by atoms with Crippen molar-refractivity contribution < 1.29 is 9.53 Å². The van der Waals surface area contributed by atoms with Gasteiger partial charge in [-0.3, -0.25) is 4.79 Å². The summed E-state index contributed by atoms with van der Waals surface area (Å²) in [7, 11) is 0. The third-order valence-corrected chi connectivity index (χ3v) is 4.71. The first kappa shape index (κ1) is 18.2. The maximum atomic E-state index is 12.7. The van der Waals surface area contributed by atoms with Crippen molar-refractivity contribution >= 4 is 18.3 Å². The Labute approximate surface area is 144 Å². The van der Waals surface area contributed by atoms with Crippen LogP contribution in [-0.2, 0) is 9.53 Å². The molecule has 1 aromatic rings. The van der Waals surface area contributed by atoms with Crippen LogP contribution in [0.4, 0.5) is 0 Å². The molecule has 2 heterocycles. The highest BCUT2D eigenvalue weighted by molar-refractivity contribution is 5.85. The van der Waals surface area contributed by atoms with Crippen molar-refractivity contribution in [2.75, 3.05) is 19.7 Å². The molecule has 0 radical (unpaired) electrons. The lowest BCUT2D eigenvalue weighted by molar-refractivity contribution is -0.135. The fraction of sp³-hybridized carbons (Fsp3) is 0.611. The van der Waals surface area contributed by atoms with E-state index in [1.807, 2.05) is 0 Å². The fourth-order valence-electron chi connectivity index (χ4n) is 3.42. The molecule has 0 spiro atoms. The van der Waals surface area contributed by atoms with Crippen molar-refractivity contribution in [2.45, 2.75) is 44.8 Å². The second kappa shape index (κ2) is 8.67. The van der Waals surface area contributed by atoms with Gasteiger partial charge < -0.3 is 15.4 Å². The van der Waals surface area contributed by atoms with E-state index in [0.29, 0.717) is 0 Å². The summed E-state index contributed by atoms with van der Waals surface area (Å²) in [5, 5.41) is 6.56. The maximum absolute atomic E-state index is 12.7. The molecule has 0 aliphatic carbocycles. The van der Waals surface area contributed by atoms with Gasteiger partial charge in [-0.15, -0.1) is 12.4 Å². The van der Waals surface area contributed by atoms with Crippen LogP contribution in [-0.4, -0.2) is 31.6 Å². The molecule has 0 saturated carbocycles. The number of hydrogen-bond donors (Lipinski definition) is 2. The molecule has 2 N–H and O–H groups in total. The molecule has 3 atom stereocenters. The Morgan fingerprint density at radius 3 is 2.70 bits per heavy atom. The molecule has 0 bridgehead atoms. The molecule has 23 heavy (non-hydrogen) atoms. The normalized spacial score (nSPS) is 27.8. The van der Waals surface area contributed by atoms with Crippen LogP contribution in [0.25, 0.3) is 0 Å². The van der Waals surface area contributed by atoms with Crippen molar-refractivity contribution in [3.8, 4) is 0 Å². The lowest BCUT2D eigenvalue weighted by atomic mass is 9.88. The summed E-state index contributed by atoms with van der Waals surface area (Å²) in [6.07, 6.45) is 3.97. The number of amides is 1. The van der Waals surface area contributed by atoms with E-state index in [1.165, 1.54) is 5.56 Å². The summed E-state index contributed by atoms with van der Waals surface area (Å²) < 4.78 is 5.95. The number of carbonyl (C=O) groups is 1. The van der Waals surface area contributed by atoms with E-state index in [4.69, 9.17) is 4.74 Å². The van der Waals surface area contributed by atoms with Crippen LogP contribution in [0.15, 0.2) is 24.3 Å². The molecule has 2 aliphatic heterocycles. The van der Waals surface area contributed by atoms with Gasteiger partial charge >= 0.3 is 0 Å². The highest BCUT2D eigenvalue weighted by atomic mass is 35.5. The molecule has 2 fully saturated rings. The largest absolute Gasteiger partial charge is 0.373 e. The van der Waals surface area contributed by atoms with E-state index in [1.54, 1.807) is 0 Å². The number of ether oxygens (including phenoxy) is 1. The third kappa shape index (κ3) is 4.69. The number of hydrogen-bond acceptors (Lipinski definition) is 3. The predicted octanol–water partition coefficient (Wildman–Crippen LogP) is 2.75. The standard InChI is InChI=1S/C18H26N2O2.ClH/c1-13-6-8-14(9-7-13)17-16(5-3-11-22-17)18(21)20-15-4-2-10-19-12-15;/h6-9,15-17,19H,2-5,10-12H2,1H3,(H,20,21);1H. The van der Waals surface area contributed by atoms with Crippen LogP contribution in [0, 0.1) is 12.8 Å². The first-order chi connectivity index (χ1) is 10.7. The molecule has 1 aromatic carbocycles. The van der Waals surface area contributed by atoms with Crippen LogP contribution in [0.2, 0.25) is 0 Å². The summed E-state index contributed by atoms with van der Waals surface area (Å²) >= 11 is 0. The zero-order valence-corrected chi connectivity index (χ0v) is 14.5. The lowest BCUT2D eigenvalue weighted by Crippen LogP contribution is -2.49. The highest BCUT2D eigenvalue weighted by Crippen LogP contribution is 2.34. The number of halogens is 1. The molecule has 2 saturated heterocycles. The van der Waals surface area contributed by atoms with Crippen LogP contribution < -0.4 is 10.6 Å². The van der Waals surface area contributed by atoms with Gasteiger partial charge in [0.05, 0.1) is 12.0 Å². The van der Waals surface area contributed by atoms with Crippen LogP contribution in [0.3, 0.4) is 0 Å². The second-order valence-corrected chi connectivity index (χ2v) is 6.50. The van der Waals surface area contributed by atoms with Gasteiger partial charge in [0.2, 0.25) is 5.91 Å². The van der Waals surface area contributed by atoms with Gasteiger partial charge in [-0.25, -0.2) is 0 Å². The first-order valence-electron chi connectivity index (χ1n) is 8.43. The number of rotatable bonds is 3. The number of carbonyl (C=O) groups excluding carboxylic acids is 1. The molecule has 4 nitrogen and oxygen atoms in total. The van der Waals surface area contributed by atoms with Crippen molar-refractivity contribution in [3.63, 3.8) is 0 Å². The Morgan fingerprint density at radius 1 is 1.22 bits per heavy atom. The predicted molar refractivity (Wildman–Crippen MR) is 93.9 cm³/mol. The summed E-state index contributed by atoms with van der Waals surface area (Å²) in [4.78, 5) is 12.7. The summed E-state index contributed by atoms with van der Waals surface area (Å²) in [5.74, 6) is 0.0809. The molecule has 128 valence electrons. The van der Waals surface area contributed by atoms with Gasteiger partial charge in [0.1, 0.15) is 0 Å². The van der Waals surface area contributed by atoms with Crippen molar-refractivity contribution in [2.24, 2.45) is 5.92 Å². The molecule has 1 amide bonds. The Hall–Kier alpha value is -1.10. The van der Waals surface area contributed by atoms with Gasteiger partial charge in [-0.05, 0) is 44.7 Å². The Kier molecular flexibility index (Phi) is 6.88. The molecule has 3 rings (SSSR count). The van der Waals surface area contributed by atoms with Gasteiger partial charge in [-0.2, -0.15) is 0 Å². The molecular weight excluding hydrogens is 312 g/mol. The lowest BCUT2D eigenvalue weighted by Gasteiger charge is -2.33. The van der Waals surface area contributed by atoms with Crippen LogP contribution >= 0.6 is 12.4 Å². The Morgan fingerprint density at radius 2 is 2.00 bits per heavy atom. The van der Waals surface area contributed by atoms with E-state index in [9.17, 15) is 4.79 Å². The second-order valence-electron chi connectivity index (χ2n) is 6.50. The monoisotopic (exact) mass is 338 g/mol. The fourth-order valence-corrected chi connectivity index (χ4v) is 3.42. The van der Waals surface area contributed by atoms with Crippen molar-refractivity contribution in [1.82, 2.24) is 10.6 Å². The third-order valence-electron chi connectivity index (χ3n) is 4.71. The number of aryl methyl sites for hydroxylation is 1. The number of nitrogens with one attached hydrogen (secondary N) is 2. The number of benzene rings is 1. The Balaban J connectivity index is 0.00000192. The molecule has 5 heteroatoms. The topological polar surface area (TPSA) is 50.4 Å². The minimum absolute atomic E-state index is 0. The quantitative estimate of drug-likeness (QED) is 0.891. The van der Waals surface area contributed by atoms with E-state index in [0.717, 1.165) is 50.9 Å². The summed E-state index contributed by atoms with van der Waals surface area (Å²) in [5.41, 5.74) is 2.35. The van der Waals surface area contributed by atoms with Crippen molar-refractivity contribution in [3.05, 3.63) is 35.4 Å². The van der Waals surface area contributed by atoms with E-state index in [2.05, 4.69) is 41.8 Å². The highest BCUT2D eigenvalue weighted by Gasteiger charge is 2.34. The summed E-state index contributed by atoms with van der Waals surface area (Å²) in [6, 6.07) is 8.63. The minimum atomic E-state index is -0.106. The summed E-state index contributed by atoms with van der Waals surface area (Å²) in [6.45, 7) is 4.76. The van der Waals surface area contributed by atoms with Crippen LogP contribution in [0.1, 0.15) is 42.9 Å². The van der Waals surface area contributed by atoms with Gasteiger partial charge in [0, 0.05) is 19.2 Å². The first-order valence-corrected chi connectivity index (χ1v) is 8.43. The van der Waals surface area contributed by atoms with Gasteiger partial charge in [-0.1, -0.05) is 29.8 Å². The Bertz CT molecular complexity index is 500. The smallest absolute Gasteiger partial charge is 0.226 e. The van der Waals surface area contributed by atoms with E-state index >= 15 is 0 Å². The minimum Gasteiger partial charge on any atom is -0.373 e. The van der Waals surface area contributed by atoms with Crippen LogP contribution in [0.5, 0.6) is 0 Å². The molecule has 3 unspecified atom stereocenters. The zero-order chi connectivity index (χ0) is 15.4. The van der Waals surface area contributed by atoms with Gasteiger partial charge in [0.15, 0.2) is 0 Å². The SMILES string of the molecule is Cc1ccc(C2OCCCC2C(=O)NC2CCCNC2)cc1.Cl. The van der Waals surface area contributed by atoms with E-state index < -0.39 is 0 Å². The molecule has 0 aromatic heterocycles. The molecule has 2 aliphatic rings. The van der Waals surface area contributed by atoms with E-state index in [-0.39, 0.29) is 36.4 Å². The number of piperidine rings is 1. The zero-order valence-electron chi connectivity index (χ0n) is 13.7. The average molecular weight is 339 g/mol. The maximum Gasteiger partial charge on any atom is 0.226 e. The average Bonchev–Trinajstić information content (AvgIpc) is 2.56. The molecular formula is C18H27ClN2O2. The van der Waals surface area contributed by atoms with Gasteiger partial charge in [0.25, 0.3) is 0 Å².